The Kier molecular flexibility index (Phi) is 3.30. The molecule has 0 aromatic carbocycles. The molecule has 2 aromatic heterocycles. The number of carbonyl (C=O) groups excluding carboxylic acids is 1. The lowest BCUT2D eigenvalue weighted by Crippen LogP contribution is -2.27. The average Bonchev–Trinajstić information content (AvgIpc) is 2.46. The number of hydrogen-bond donors (Lipinski definition) is 0. The largest absolute Gasteiger partial charge is 0.310 e. The molecule has 0 radical (unpaired) electrons. The molecule has 0 saturated heterocycles. The van der Waals surface area contributed by atoms with Gasteiger partial charge in [0.05, 0.1) is 0 Å². The lowest BCUT2D eigenvalue weighted by Gasteiger charge is -2.16. The van der Waals surface area contributed by atoms with Crippen molar-refractivity contribution in [2.75, 3.05) is 11.9 Å². The molecule has 2 aromatic rings. The van der Waals surface area contributed by atoms with Crippen molar-refractivity contribution in [1.82, 2.24) is 9.97 Å². The zero-order valence-corrected chi connectivity index (χ0v) is 9.74. The van der Waals surface area contributed by atoms with Crippen LogP contribution in [0.25, 0.3) is 0 Å². The molecule has 0 N–H and O–H groups in total. The van der Waals surface area contributed by atoms with Gasteiger partial charge in [0.2, 0.25) is 0 Å². The second kappa shape index (κ2) is 5.06. The highest BCUT2D eigenvalue weighted by atomic mass is 16.2. The van der Waals surface area contributed by atoms with E-state index in [4.69, 9.17) is 5.26 Å². The minimum atomic E-state index is -0.265. The highest BCUT2D eigenvalue weighted by molar-refractivity contribution is 6.04. The van der Waals surface area contributed by atoms with Crippen LogP contribution in [0.4, 0.5) is 5.69 Å². The van der Waals surface area contributed by atoms with Crippen LogP contribution in [0.1, 0.15) is 16.2 Å². The van der Waals surface area contributed by atoms with Gasteiger partial charge in [0.15, 0.2) is 0 Å². The lowest BCUT2D eigenvalue weighted by atomic mass is 10.2. The highest BCUT2D eigenvalue weighted by Gasteiger charge is 2.14. The first-order valence-electron chi connectivity index (χ1n) is 5.27. The smallest absolute Gasteiger partial charge is 0.276 e. The second-order valence-corrected chi connectivity index (χ2v) is 3.59. The molecule has 0 fully saturated rings. The Bertz CT molecular complexity index is 604. The van der Waals surface area contributed by atoms with Gasteiger partial charge in [-0.1, -0.05) is 6.07 Å². The van der Waals surface area contributed by atoms with Crippen molar-refractivity contribution in [3.8, 4) is 6.07 Å². The van der Waals surface area contributed by atoms with E-state index in [0.29, 0.717) is 0 Å². The summed E-state index contributed by atoms with van der Waals surface area (Å²) in [6, 6.07) is 10.1. The fourth-order valence-corrected chi connectivity index (χ4v) is 1.47. The van der Waals surface area contributed by atoms with Crippen LogP contribution in [0.15, 0.2) is 42.7 Å². The molecular weight excluding hydrogens is 228 g/mol. The third-order valence-corrected chi connectivity index (χ3v) is 2.44. The van der Waals surface area contributed by atoms with Gasteiger partial charge in [-0.3, -0.25) is 9.78 Å². The minimum absolute atomic E-state index is 0.226. The third-order valence-electron chi connectivity index (χ3n) is 2.44. The van der Waals surface area contributed by atoms with Crippen molar-refractivity contribution in [2.24, 2.45) is 0 Å². The zero-order chi connectivity index (χ0) is 13.0. The number of pyridine rings is 2. The van der Waals surface area contributed by atoms with E-state index in [-0.39, 0.29) is 17.3 Å². The van der Waals surface area contributed by atoms with E-state index in [9.17, 15) is 4.79 Å². The monoisotopic (exact) mass is 238 g/mol. The first-order valence-corrected chi connectivity index (χ1v) is 5.27. The summed E-state index contributed by atoms with van der Waals surface area (Å²) in [6.45, 7) is 0. The zero-order valence-electron chi connectivity index (χ0n) is 9.74. The number of carbonyl (C=O) groups is 1. The fraction of sp³-hybridized carbons (Fsp3) is 0.0769. The molecule has 0 spiro atoms. The van der Waals surface area contributed by atoms with Crippen LogP contribution in [0.3, 0.4) is 0 Å². The number of nitriles is 1. The number of rotatable bonds is 2. The fourth-order valence-electron chi connectivity index (χ4n) is 1.47. The van der Waals surface area contributed by atoms with E-state index in [1.54, 1.807) is 49.8 Å². The molecule has 5 heteroatoms. The minimum Gasteiger partial charge on any atom is -0.310 e. The van der Waals surface area contributed by atoms with Crippen LogP contribution in [0, 0.1) is 11.3 Å². The summed E-state index contributed by atoms with van der Waals surface area (Å²) in [5.74, 6) is -0.265. The Morgan fingerprint density at radius 1 is 1.28 bits per heavy atom. The van der Waals surface area contributed by atoms with Crippen molar-refractivity contribution >= 4 is 11.6 Å². The highest BCUT2D eigenvalue weighted by Crippen LogP contribution is 2.13. The van der Waals surface area contributed by atoms with Crippen molar-refractivity contribution < 1.29 is 4.79 Å². The topological polar surface area (TPSA) is 69.9 Å². The van der Waals surface area contributed by atoms with E-state index < -0.39 is 0 Å². The third kappa shape index (κ3) is 2.33. The molecule has 0 atom stereocenters. The van der Waals surface area contributed by atoms with Gasteiger partial charge in [-0.05, 0) is 24.3 Å². The Morgan fingerprint density at radius 2 is 2.00 bits per heavy atom. The molecular formula is C13H10N4O. The number of anilines is 1. The van der Waals surface area contributed by atoms with E-state index in [0.717, 1.165) is 5.69 Å². The van der Waals surface area contributed by atoms with Crippen LogP contribution in [-0.2, 0) is 0 Å². The number of amides is 1. The standard InChI is InChI=1S/C13H10N4O/c1-17(11-5-7-15-8-6-11)13(18)12-4-2-3-10(9-14)16-12/h2-8H,1H3. The summed E-state index contributed by atoms with van der Waals surface area (Å²) in [4.78, 5) is 21.5. The van der Waals surface area contributed by atoms with Gasteiger partial charge in [0.1, 0.15) is 17.5 Å². The number of hydrogen-bond acceptors (Lipinski definition) is 4. The van der Waals surface area contributed by atoms with Crippen molar-refractivity contribution in [2.45, 2.75) is 0 Å². The van der Waals surface area contributed by atoms with Crippen LogP contribution < -0.4 is 4.90 Å². The van der Waals surface area contributed by atoms with E-state index in [1.165, 1.54) is 4.90 Å². The van der Waals surface area contributed by atoms with Crippen molar-refractivity contribution in [3.63, 3.8) is 0 Å². The SMILES string of the molecule is CN(C(=O)c1cccc(C#N)n1)c1ccncc1. The van der Waals surface area contributed by atoms with E-state index >= 15 is 0 Å². The predicted molar refractivity (Wildman–Crippen MR) is 65.9 cm³/mol. The van der Waals surface area contributed by atoms with Gasteiger partial charge < -0.3 is 4.90 Å². The van der Waals surface area contributed by atoms with Gasteiger partial charge in [-0.25, -0.2) is 4.98 Å². The molecule has 0 saturated carbocycles. The maximum Gasteiger partial charge on any atom is 0.276 e. The molecule has 2 rings (SSSR count). The average molecular weight is 238 g/mol. The Balaban J connectivity index is 2.29. The van der Waals surface area contributed by atoms with Crippen LogP contribution in [0.2, 0.25) is 0 Å². The first kappa shape index (κ1) is 11.7. The molecule has 0 aliphatic heterocycles. The molecule has 0 aliphatic carbocycles. The quantitative estimate of drug-likeness (QED) is 0.797. The van der Waals surface area contributed by atoms with Crippen LogP contribution in [-0.4, -0.2) is 22.9 Å². The van der Waals surface area contributed by atoms with Gasteiger partial charge in [-0.2, -0.15) is 5.26 Å². The molecule has 18 heavy (non-hydrogen) atoms. The summed E-state index contributed by atoms with van der Waals surface area (Å²) in [6.07, 6.45) is 3.22. The number of nitrogens with zero attached hydrogens (tertiary/aromatic N) is 4. The van der Waals surface area contributed by atoms with Crippen molar-refractivity contribution in [1.29, 1.82) is 5.26 Å². The first-order chi connectivity index (χ1) is 8.72. The maximum atomic E-state index is 12.1. The lowest BCUT2D eigenvalue weighted by molar-refractivity contribution is 0.0988. The molecule has 88 valence electrons. The van der Waals surface area contributed by atoms with Crippen LogP contribution in [0.5, 0.6) is 0 Å². The molecule has 2 heterocycles. The summed E-state index contributed by atoms with van der Waals surface area (Å²) in [7, 11) is 1.65. The Morgan fingerprint density at radius 3 is 2.67 bits per heavy atom. The summed E-state index contributed by atoms with van der Waals surface area (Å²) >= 11 is 0. The van der Waals surface area contributed by atoms with Crippen molar-refractivity contribution in [3.05, 3.63) is 54.1 Å². The molecule has 0 bridgehead atoms. The van der Waals surface area contributed by atoms with Gasteiger partial charge in [-0.15, -0.1) is 0 Å². The summed E-state index contributed by atoms with van der Waals surface area (Å²) in [5.41, 5.74) is 1.19. The Labute approximate surface area is 104 Å². The normalized spacial score (nSPS) is 9.56. The van der Waals surface area contributed by atoms with Gasteiger partial charge in [0.25, 0.3) is 5.91 Å². The predicted octanol–water partition coefficient (Wildman–Crippen LogP) is 1.62. The van der Waals surface area contributed by atoms with Gasteiger partial charge >= 0.3 is 0 Å². The molecule has 0 aliphatic rings. The Hall–Kier alpha value is -2.74. The van der Waals surface area contributed by atoms with E-state index in [1.807, 2.05) is 6.07 Å². The van der Waals surface area contributed by atoms with Gasteiger partial charge in [0, 0.05) is 25.1 Å². The van der Waals surface area contributed by atoms with E-state index in [2.05, 4.69) is 9.97 Å². The molecule has 5 nitrogen and oxygen atoms in total. The molecule has 0 unspecified atom stereocenters. The summed E-state index contributed by atoms with van der Waals surface area (Å²) < 4.78 is 0. The molecule has 1 amide bonds. The summed E-state index contributed by atoms with van der Waals surface area (Å²) in [5, 5.41) is 8.75. The number of aromatic nitrogens is 2. The van der Waals surface area contributed by atoms with Crippen LogP contribution >= 0.6 is 0 Å². The second-order valence-electron chi connectivity index (χ2n) is 3.59. The maximum absolute atomic E-state index is 12.1.